The first-order valence-electron chi connectivity index (χ1n) is 4.13. The molecule has 0 amide bonds. The van der Waals surface area contributed by atoms with Gasteiger partial charge in [-0.3, -0.25) is 9.18 Å². The Labute approximate surface area is 73.7 Å². The van der Waals surface area contributed by atoms with E-state index in [2.05, 4.69) is 0 Å². The highest BCUT2D eigenvalue weighted by atomic mass is 19.3. The number of rotatable bonds is 3. The van der Waals surface area contributed by atoms with E-state index >= 15 is 0 Å². The second-order valence-corrected chi connectivity index (χ2v) is 3.38. The second kappa shape index (κ2) is 3.20. The molecule has 1 rings (SSSR count). The Balaban J connectivity index is 2.96. The zero-order valence-electron chi connectivity index (χ0n) is 7.02. The smallest absolute Gasteiger partial charge is 0.315 e. The summed E-state index contributed by atoms with van der Waals surface area (Å²) in [6.07, 6.45) is -1.01. The molecule has 1 atom stereocenters. The SMILES string of the molecule is O=C(O)C1(CCF)CCCC1(F)F. The van der Waals surface area contributed by atoms with E-state index in [1.165, 1.54) is 0 Å². The summed E-state index contributed by atoms with van der Waals surface area (Å²) in [4.78, 5) is 10.7. The molecular formula is C8H11F3O2. The van der Waals surface area contributed by atoms with Crippen molar-refractivity contribution in [2.24, 2.45) is 5.41 Å². The maximum absolute atomic E-state index is 13.2. The fourth-order valence-corrected chi connectivity index (χ4v) is 1.87. The maximum atomic E-state index is 13.2. The van der Waals surface area contributed by atoms with Crippen LogP contribution in [0.2, 0.25) is 0 Å². The third kappa shape index (κ3) is 1.40. The van der Waals surface area contributed by atoms with Gasteiger partial charge in [0.25, 0.3) is 5.92 Å². The normalized spacial score (nSPS) is 31.9. The Morgan fingerprint density at radius 3 is 2.31 bits per heavy atom. The molecule has 1 aliphatic rings. The molecule has 0 aromatic rings. The van der Waals surface area contributed by atoms with Crippen LogP contribution in [-0.2, 0) is 4.79 Å². The van der Waals surface area contributed by atoms with E-state index in [0.29, 0.717) is 0 Å². The lowest BCUT2D eigenvalue weighted by Gasteiger charge is -2.29. The van der Waals surface area contributed by atoms with E-state index in [-0.39, 0.29) is 12.8 Å². The molecule has 76 valence electrons. The molecule has 1 unspecified atom stereocenters. The van der Waals surface area contributed by atoms with E-state index in [9.17, 15) is 18.0 Å². The summed E-state index contributed by atoms with van der Waals surface area (Å²) in [5, 5.41) is 8.68. The van der Waals surface area contributed by atoms with Crippen molar-refractivity contribution < 1.29 is 23.1 Å². The molecule has 5 heteroatoms. The van der Waals surface area contributed by atoms with Crippen molar-refractivity contribution in [3.8, 4) is 0 Å². The molecule has 13 heavy (non-hydrogen) atoms. The first-order valence-corrected chi connectivity index (χ1v) is 4.13. The van der Waals surface area contributed by atoms with Gasteiger partial charge in [0, 0.05) is 6.42 Å². The highest BCUT2D eigenvalue weighted by Crippen LogP contribution is 2.52. The molecule has 1 aliphatic carbocycles. The number of aliphatic carboxylic acids is 1. The van der Waals surface area contributed by atoms with Crippen LogP contribution in [-0.4, -0.2) is 23.7 Å². The molecule has 0 aliphatic heterocycles. The van der Waals surface area contributed by atoms with Gasteiger partial charge in [-0.1, -0.05) is 0 Å². The van der Waals surface area contributed by atoms with Crippen LogP contribution < -0.4 is 0 Å². The fourth-order valence-electron chi connectivity index (χ4n) is 1.87. The number of hydrogen-bond donors (Lipinski definition) is 1. The second-order valence-electron chi connectivity index (χ2n) is 3.38. The third-order valence-corrected chi connectivity index (χ3v) is 2.73. The Morgan fingerprint density at radius 1 is 1.38 bits per heavy atom. The van der Waals surface area contributed by atoms with Gasteiger partial charge in [0.1, 0.15) is 5.41 Å². The first kappa shape index (κ1) is 10.3. The number of hydrogen-bond acceptors (Lipinski definition) is 1. The van der Waals surface area contributed by atoms with Crippen LogP contribution in [0.3, 0.4) is 0 Å². The van der Waals surface area contributed by atoms with Crippen LogP contribution in [0.25, 0.3) is 0 Å². The van der Waals surface area contributed by atoms with Crippen molar-refractivity contribution in [2.45, 2.75) is 31.6 Å². The van der Waals surface area contributed by atoms with E-state index in [0.717, 1.165) is 0 Å². The lowest BCUT2D eigenvalue weighted by Crippen LogP contribution is -2.43. The Bertz CT molecular complexity index is 217. The quantitative estimate of drug-likeness (QED) is 0.751. The van der Waals surface area contributed by atoms with Crippen molar-refractivity contribution in [1.82, 2.24) is 0 Å². The topological polar surface area (TPSA) is 37.3 Å². The molecule has 1 N–H and O–H groups in total. The van der Waals surface area contributed by atoms with E-state index in [1.807, 2.05) is 0 Å². The Hall–Kier alpha value is -0.740. The molecule has 0 spiro atoms. The zero-order chi connectivity index (χ0) is 10.1. The largest absolute Gasteiger partial charge is 0.481 e. The highest BCUT2D eigenvalue weighted by Gasteiger charge is 2.61. The average Bonchev–Trinajstić information content (AvgIpc) is 2.28. The van der Waals surface area contributed by atoms with Gasteiger partial charge in [-0.2, -0.15) is 0 Å². The Kier molecular flexibility index (Phi) is 2.54. The number of alkyl halides is 3. The lowest BCUT2D eigenvalue weighted by molar-refractivity contribution is -0.174. The minimum atomic E-state index is -3.26. The summed E-state index contributed by atoms with van der Waals surface area (Å²) in [6, 6.07) is 0. The molecule has 0 aromatic carbocycles. The molecule has 0 radical (unpaired) electrons. The average molecular weight is 196 g/mol. The van der Waals surface area contributed by atoms with Crippen molar-refractivity contribution in [3.05, 3.63) is 0 Å². The van der Waals surface area contributed by atoms with Gasteiger partial charge >= 0.3 is 5.97 Å². The fraction of sp³-hybridized carbons (Fsp3) is 0.875. The molecule has 0 saturated heterocycles. The van der Waals surface area contributed by atoms with Crippen LogP contribution in [0, 0.1) is 5.41 Å². The summed E-state index contributed by atoms with van der Waals surface area (Å²) in [6.45, 7) is -1.01. The van der Waals surface area contributed by atoms with Crippen LogP contribution in [0.4, 0.5) is 13.2 Å². The molecule has 1 saturated carbocycles. The van der Waals surface area contributed by atoms with Gasteiger partial charge < -0.3 is 5.11 Å². The van der Waals surface area contributed by atoms with Crippen LogP contribution in [0.15, 0.2) is 0 Å². The number of carboxylic acid groups (broad SMARTS) is 1. The molecule has 2 nitrogen and oxygen atoms in total. The van der Waals surface area contributed by atoms with Gasteiger partial charge in [-0.25, -0.2) is 8.78 Å². The third-order valence-electron chi connectivity index (χ3n) is 2.73. The van der Waals surface area contributed by atoms with Crippen molar-refractivity contribution in [3.63, 3.8) is 0 Å². The molecule has 1 fully saturated rings. The first-order chi connectivity index (χ1) is 5.96. The van der Waals surface area contributed by atoms with E-state index in [1.54, 1.807) is 0 Å². The maximum Gasteiger partial charge on any atom is 0.315 e. The van der Waals surface area contributed by atoms with Gasteiger partial charge in [-0.15, -0.1) is 0 Å². The number of halogens is 3. The van der Waals surface area contributed by atoms with Gasteiger partial charge in [-0.05, 0) is 19.3 Å². The summed E-state index contributed by atoms with van der Waals surface area (Å²) >= 11 is 0. The van der Waals surface area contributed by atoms with Gasteiger partial charge in [0.15, 0.2) is 0 Å². The standard InChI is InChI=1S/C8H11F3O2/c9-5-4-7(6(12)13)2-1-3-8(7,10)11/h1-5H2,(H,12,13). The summed E-state index contributed by atoms with van der Waals surface area (Å²) in [7, 11) is 0. The number of carbonyl (C=O) groups is 1. The molecule has 0 aromatic heterocycles. The lowest BCUT2D eigenvalue weighted by atomic mass is 9.80. The summed E-state index contributed by atoms with van der Waals surface area (Å²) < 4.78 is 38.3. The van der Waals surface area contributed by atoms with Crippen LogP contribution in [0.5, 0.6) is 0 Å². The molecule has 0 bridgehead atoms. The van der Waals surface area contributed by atoms with Crippen molar-refractivity contribution >= 4 is 5.97 Å². The van der Waals surface area contributed by atoms with Gasteiger partial charge in [0.05, 0.1) is 6.67 Å². The monoisotopic (exact) mass is 196 g/mol. The predicted molar refractivity (Wildman–Crippen MR) is 39.5 cm³/mol. The zero-order valence-corrected chi connectivity index (χ0v) is 7.02. The minimum Gasteiger partial charge on any atom is -0.481 e. The van der Waals surface area contributed by atoms with Crippen LogP contribution >= 0.6 is 0 Å². The number of carboxylic acids is 1. The molecule has 0 heterocycles. The highest BCUT2D eigenvalue weighted by molar-refractivity contribution is 5.76. The summed E-state index contributed by atoms with van der Waals surface area (Å²) in [5.74, 6) is -4.84. The van der Waals surface area contributed by atoms with Crippen molar-refractivity contribution in [2.75, 3.05) is 6.67 Å². The van der Waals surface area contributed by atoms with Crippen LogP contribution in [0.1, 0.15) is 25.7 Å². The molecular weight excluding hydrogens is 185 g/mol. The van der Waals surface area contributed by atoms with E-state index in [4.69, 9.17) is 5.11 Å². The van der Waals surface area contributed by atoms with Gasteiger partial charge in [0.2, 0.25) is 0 Å². The van der Waals surface area contributed by atoms with E-state index < -0.39 is 36.8 Å². The van der Waals surface area contributed by atoms with Crippen molar-refractivity contribution in [1.29, 1.82) is 0 Å². The summed E-state index contributed by atoms with van der Waals surface area (Å²) in [5.41, 5.74) is -2.15. The Morgan fingerprint density at radius 2 is 2.00 bits per heavy atom. The minimum absolute atomic E-state index is 0.126. The predicted octanol–water partition coefficient (Wildman–Crippen LogP) is 2.24.